The largest absolute Gasteiger partial charge is 0.344 e. The molecule has 1 aliphatic rings. The maximum Gasteiger partial charge on any atom is 0.258 e. The molecule has 0 radical (unpaired) electrons. The summed E-state index contributed by atoms with van der Waals surface area (Å²) >= 11 is 0. The quantitative estimate of drug-likeness (QED) is 0.570. The van der Waals surface area contributed by atoms with Crippen LogP contribution in [0, 0.1) is 13.8 Å². The van der Waals surface area contributed by atoms with Crippen molar-refractivity contribution in [3.05, 3.63) is 88.6 Å². The number of aryl methyl sites for hydroxylation is 2. The first-order chi connectivity index (χ1) is 16.8. The molecule has 0 aliphatic carbocycles. The van der Waals surface area contributed by atoms with Crippen LogP contribution in [0.25, 0.3) is 0 Å². The average Bonchev–Trinajstić information content (AvgIpc) is 3.28. The highest BCUT2D eigenvalue weighted by Gasteiger charge is 2.18. The normalized spacial score (nSPS) is 12.8. The van der Waals surface area contributed by atoms with Crippen molar-refractivity contribution >= 4 is 29.3 Å². The van der Waals surface area contributed by atoms with Crippen molar-refractivity contribution in [1.29, 1.82) is 0 Å². The number of hydrogen-bond donors (Lipinski definition) is 2. The van der Waals surface area contributed by atoms with Crippen LogP contribution >= 0.6 is 0 Å². The number of carbonyl (C=O) groups excluding carboxylic acids is 2. The molecule has 2 amide bonds. The molecule has 0 fully saturated rings. The minimum Gasteiger partial charge on any atom is -0.344 e. The second-order valence-corrected chi connectivity index (χ2v) is 8.83. The Labute approximate surface area is 205 Å². The SMILES string of the molecule is Cc1ccc(NC(=O)c2cc(C)ccc2NC(=O)c2ccc(CN(C)C3=NCCN3C)cc2)nc1. The van der Waals surface area contributed by atoms with Gasteiger partial charge in [0, 0.05) is 38.9 Å². The van der Waals surface area contributed by atoms with Crippen LogP contribution in [0.15, 0.2) is 65.8 Å². The summed E-state index contributed by atoms with van der Waals surface area (Å²) in [4.78, 5) is 38.9. The smallest absolute Gasteiger partial charge is 0.258 e. The summed E-state index contributed by atoms with van der Waals surface area (Å²) in [6, 6.07) is 16.4. The van der Waals surface area contributed by atoms with Gasteiger partial charge in [0.15, 0.2) is 5.96 Å². The van der Waals surface area contributed by atoms with E-state index < -0.39 is 0 Å². The number of aromatic nitrogens is 1. The van der Waals surface area contributed by atoms with Crippen molar-refractivity contribution < 1.29 is 9.59 Å². The highest BCUT2D eigenvalue weighted by molar-refractivity contribution is 6.12. The van der Waals surface area contributed by atoms with Crippen molar-refractivity contribution in [2.24, 2.45) is 4.99 Å². The van der Waals surface area contributed by atoms with Gasteiger partial charge in [-0.25, -0.2) is 4.98 Å². The average molecular weight is 471 g/mol. The molecule has 0 unspecified atom stereocenters. The van der Waals surface area contributed by atoms with E-state index in [4.69, 9.17) is 0 Å². The number of rotatable bonds is 6. The number of anilines is 2. The molecule has 8 heteroatoms. The van der Waals surface area contributed by atoms with Crippen LogP contribution in [0.4, 0.5) is 11.5 Å². The number of pyridine rings is 1. The number of likely N-dealkylation sites (N-methyl/N-ethyl adjacent to an activating group) is 1. The van der Waals surface area contributed by atoms with Crippen LogP contribution in [0.5, 0.6) is 0 Å². The second kappa shape index (κ2) is 10.4. The lowest BCUT2D eigenvalue weighted by Crippen LogP contribution is -2.36. The predicted octanol–water partition coefficient (Wildman–Crippen LogP) is 3.94. The van der Waals surface area contributed by atoms with Gasteiger partial charge < -0.3 is 20.4 Å². The van der Waals surface area contributed by atoms with E-state index in [9.17, 15) is 9.59 Å². The minimum absolute atomic E-state index is 0.281. The van der Waals surface area contributed by atoms with E-state index in [1.165, 1.54) is 0 Å². The molecule has 0 spiro atoms. The molecule has 2 aromatic carbocycles. The van der Waals surface area contributed by atoms with Crippen molar-refractivity contribution in [3.8, 4) is 0 Å². The maximum absolute atomic E-state index is 13.0. The van der Waals surface area contributed by atoms with Crippen molar-refractivity contribution in [2.45, 2.75) is 20.4 Å². The topological polar surface area (TPSA) is 89.9 Å². The highest BCUT2D eigenvalue weighted by atomic mass is 16.2. The molecule has 3 aromatic rings. The zero-order valence-electron chi connectivity index (χ0n) is 20.5. The van der Waals surface area contributed by atoms with Crippen LogP contribution in [0.1, 0.15) is 37.4 Å². The number of aliphatic imine (C=N–C) groups is 1. The number of hydrogen-bond acceptors (Lipinski definition) is 6. The molecule has 8 nitrogen and oxygen atoms in total. The zero-order valence-corrected chi connectivity index (χ0v) is 20.5. The molecule has 0 atom stereocenters. The lowest BCUT2D eigenvalue weighted by molar-refractivity contribution is 0.102. The van der Waals surface area contributed by atoms with Gasteiger partial charge in [0.1, 0.15) is 5.82 Å². The lowest BCUT2D eigenvalue weighted by Gasteiger charge is -2.24. The first-order valence-corrected chi connectivity index (χ1v) is 11.5. The van der Waals surface area contributed by atoms with Crippen LogP contribution in [-0.4, -0.2) is 59.7 Å². The van der Waals surface area contributed by atoms with Gasteiger partial charge in [-0.1, -0.05) is 29.8 Å². The number of nitrogens with zero attached hydrogens (tertiary/aromatic N) is 4. The van der Waals surface area contributed by atoms with E-state index in [2.05, 4.69) is 30.4 Å². The summed E-state index contributed by atoms with van der Waals surface area (Å²) in [6.45, 7) is 6.27. The van der Waals surface area contributed by atoms with Gasteiger partial charge in [-0.3, -0.25) is 14.6 Å². The van der Waals surface area contributed by atoms with E-state index in [-0.39, 0.29) is 11.8 Å². The molecule has 1 aromatic heterocycles. The summed E-state index contributed by atoms with van der Waals surface area (Å²) in [7, 11) is 4.05. The van der Waals surface area contributed by atoms with Gasteiger partial charge in [0.2, 0.25) is 0 Å². The fourth-order valence-electron chi connectivity index (χ4n) is 3.91. The second-order valence-electron chi connectivity index (χ2n) is 8.83. The van der Waals surface area contributed by atoms with Gasteiger partial charge in [0.25, 0.3) is 11.8 Å². The molecule has 2 N–H and O–H groups in total. The monoisotopic (exact) mass is 470 g/mol. The first kappa shape index (κ1) is 23.9. The van der Waals surface area contributed by atoms with Crippen LogP contribution in [0.3, 0.4) is 0 Å². The van der Waals surface area contributed by atoms with E-state index in [1.54, 1.807) is 36.5 Å². The van der Waals surface area contributed by atoms with E-state index in [1.807, 2.05) is 52.2 Å². The third-order valence-corrected chi connectivity index (χ3v) is 5.83. The summed E-state index contributed by atoms with van der Waals surface area (Å²) in [5.74, 6) is 0.808. The Hall–Kier alpha value is -4.20. The summed E-state index contributed by atoms with van der Waals surface area (Å²) in [6.07, 6.45) is 1.69. The van der Waals surface area contributed by atoms with Gasteiger partial charge in [-0.05, 0) is 55.3 Å². The van der Waals surface area contributed by atoms with Crippen molar-refractivity contribution in [2.75, 3.05) is 37.8 Å². The summed E-state index contributed by atoms with van der Waals surface area (Å²) in [5.41, 5.74) is 4.32. The van der Waals surface area contributed by atoms with Gasteiger partial charge in [0.05, 0.1) is 17.8 Å². The molecular formula is C27H30N6O2. The molecule has 35 heavy (non-hydrogen) atoms. The van der Waals surface area contributed by atoms with Crippen molar-refractivity contribution in [3.63, 3.8) is 0 Å². The standard InChI is InChI=1S/C27H30N6O2/c1-18-5-11-23(22(15-18)26(35)31-24-12-6-19(2)16-29-24)30-25(34)21-9-7-20(8-10-21)17-33(4)27-28-13-14-32(27)3/h5-12,15-16H,13-14,17H2,1-4H3,(H,30,34)(H,29,31,35). The van der Waals surface area contributed by atoms with Gasteiger partial charge in [-0.2, -0.15) is 0 Å². The van der Waals surface area contributed by atoms with E-state index in [0.29, 0.717) is 29.2 Å². The Morgan fingerprint density at radius 1 is 0.971 bits per heavy atom. The molecular weight excluding hydrogens is 440 g/mol. The Bertz CT molecular complexity index is 1250. The van der Waals surface area contributed by atoms with Gasteiger partial charge >= 0.3 is 0 Å². The molecule has 180 valence electrons. The molecule has 0 saturated carbocycles. The van der Waals surface area contributed by atoms with E-state index in [0.717, 1.165) is 35.7 Å². The summed E-state index contributed by atoms with van der Waals surface area (Å²) < 4.78 is 0. The Morgan fingerprint density at radius 3 is 2.37 bits per heavy atom. The zero-order chi connectivity index (χ0) is 24.9. The molecule has 2 heterocycles. The van der Waals surface area contributed by atoms with Crippen LogP contribution < -0.4 is 10.6 Å². The number of carbonyl (C=O) groups is 2. The number of guanidine groups is 1. The Morgan fingerprint density at radius 2 is 1.71 bits per heavy atom. The minimum atomic E-state index is -0.335. The van der Waals surface area contributed by atoms with Crippen molar-refractivity contribution in [1.82, 2.24) is 14.8 Å². The fraction of sp³-hybridized carbons (Fsp3) is 0.259. The third-order valence-electron chi connectivity index (χ3n) is 5.83. The molecule has 0 bridgehead atoms. The highest BCUT2D eigenvalue weighted by Crippen LogP contribution is 2.20. The number of nitrogens with one attached hydrogen (secondary N) is 2. The van der Waals surface area contributed by atoms with Crippen LogP contribution in [-0.2, 0) is 6.54 Å². The molecule has 4 rings (SSSR count). The summed E-state index contributed by atoms with van der Waals surface area (Å²) in [5, 5.41) is 5.68. The number of amides is 2. The van der Waals surface area contributed by atoms with Gasteiger partial charge in [-0.15, -0.1) is 0 Å². The Kier molecular flexibility index (Phi) is 7.10. The molecule has 0 saturated heterocycles. The lowest BCUT2D eigenvalue weighted by atomic mass is 10.1. The number of benzene rings is 2. The first-order valence-electron chi connectivity index (χ1n) is 11.5. The fourth-order valence-corrected chi connectivity index (χ4v) is 3.91. The molecule has 1 aliphatic heterocycles. The van der Waals surface area contributed by atoms with Crippen LogP contribution in [0.2, 0.25) is 0 Å². The third kappa shape index (κ3) is 5.84. The van der Waals surface area contributed by atoms with E-state index >= 15 is 0 Å². The Balaban J connectivity index is 1.44. The maximum atomic E-state index is 13.0. The predicted molar refractivity (Wildman–Crippen MR) is 139 cm³/mol.